The van der Waals surface area contributed by atoms with Gasteiger partial charge < -0.3 is 25.3 Å². The zero-order chi connectivity index (χ0) is 24.7. The van der Waals surface area contributed by atoms with E-state index in [0.29, 0.717) is 0 Å². The van der Waals surface area contributed by atoms with Gasteiger partial charge in [0, 0.05) is 18.7 Å². The van der Waals surface area contributed by atoms with Gasteiger partial charge >= 0.3 is 11.9 Å². The first-order chi connectivity index (χ1) is 15.6. The number of nitrogens with two attached hydrogens (primary N) is 1. The molecule has 1 heterocycles. The van der Waals surface area contributed by atoms with E-state index in [0.717, 1.165) is 17.4 Å². The number of nitro groups is 1. The lowest BCUT2D eigenvalue weighted by Gasteiger charge is -2.09. The van der Waals surface area contributed by atoms with Crippen molar-refractivity contribution in [3.63, 3.8) is 0 Å². The fraction of sp³-hybridized carbons (Fsp3) is 0.300. The number of carbonyl (C=O) groups is 4. The predicted molar refractivity (Wildman–Crippen MR) is 116 cm³/mol. The highest BCUT2D eigenvalue weighted by molar-refractivity contribution is 7.18. The molecule has 2 amide bonds. The third-order valence-electron chi connectivity index (χ3n) is 4.31. The number of benzene rings is 1. The lowest BCUT2D eigenvalue weighted by molar-refractivity contribution is -0.385. The maximum Gasteiger partial charge on any atom is 0.341 e. The van der Waals surface area contributed by atoms with Crippen molar-refractivity contribution in [2.75, 3.05) is 32.2 Å². The molecule has 0 radical (unpaired) electrons. The molecule has 0 fully saturated rings. The van der Waals surface area contributed by atoms with Gasteiger partial charge in [-0.25, -0.2) is 9.59 Å². The van der Waals surface area contributed by atoms with Crippen LogP contribution < -0.4 is 11.1 Å². The van der Waals surface area contributed by atoms with Gasteiger partial charge in [-0.15, -0.1) is 11.3 Å². The second-order valence-electron chi connectivity index (χ2n) is 6.64. The quantitative estimate of drug-likeness (QED) is 0.223. The molecule has 0 saturated carbocycles. The minimum atomic E-state index is -0.873. The fourth-order valence-corrected chi connectivity index (χ4v) is 3.80. The summed E-state index contributed by atoms with van der Waals surface area (Å²) in [5, 5.41) is 13.3. The van der Waals surface area contributed by atoms with Crippen LogP contribution in [0.1, 0.15) is 41.5 Å². The molecule has 0 bridgehead atoms. The molecule has 33 heavy (non-hydrogen) atoms. The zero-order valence-electron chi connectivity index (χ0n) is 18.0. The van der Waals surface area contributed by atoms with Gasteiger partial charge in [0.05, 0.1) is 27.5 Å². The van der Waals surface area contributed by atoms with Crippen LogP contribution in [0.25, 0.3) is 0 Å². The van der Waals surface area contributed by atoms with E-state index in [1.54, 1.807) is 0 Å². The molecule has 0 saturated heterocycles. The van der Waals surface area contributed by atoms with Crippen LogP contribution in [0, 0.1) is 24.0 Å². The van der Waals surface area contributed by atoms with Crippen molar-refractivity contribution in [1.82, 2.24) is 0 Å². The van der Waals surface area contributed by atoms with E-state index >= 15 is 0 Å². The Hall–Kier alpha value is -3.84. The molecule has 1 aromatic carbocycles. The van der Waals surface area contributed by atoms with Gasteiger partial charge in [-0.05, 0) is 31.5 Å². The first kappa shape index (κ1) is 25.4. The molecule has 0 aliphatic carbocycles. The average Bonchev–Trinajstić information content (AvgIpc) is 3.07. The molecule has 13 heteroatoms. The molecule has 0 atom stereocenters. The van der Waals surface area contributed by atoms with Crippen LogP contribution in [0.4, 0.5) is 10.7 Å². The number of esters is 2. The van der Waals surface area contributed by atoms with Gasteiger partial charge in [-0.2, -0.15) is 0 Å². The second-order valence-corrected chi connectivity index (χ2v) is 7.66. The van der Waals surface area contributed by atoms with Crippen LogP contribution in [0.15, 0.2) is 18.2 Å². The number of carbonyl (C=O) groups excluding carboxylic acids is 4. The monoisotopic (exact) mass is 479 g/mol. The van der Waals surface area contributed by atoms with Crippen LogP contribution >= 0.6 is 11.3 Å². The third-order valence-corrected chi connectivity index (χ3v) is 5.53. The van der Waals surface area contributed by atoms with Crippen molar-refractivity contribution in [2.24, 2.45) is 5.73 Å². The van der Waals surface area contributed by atoms with E-state index in [2.05, 4.69) is 5.32 Å². The average molecular weight is 479 g/mol. The van der Waals surface area contributed by atoms with Crippen molar-refractivity contribution in [1.29, 1.82) is 0 Å². The Labute approximate surface area is 191 Å². The number of hydrogen-bond donors (Lipinski definition) is 2. The number of aryl methyl sites for hydroxylation is 1. The van der Waals surface area contributed by atoms with Crippen molar-refractivity contribution in [3.05, 3.63) is 55.4 Å². The normalized spacial score (nSPS) is 10.4. The van der Waals surface area contributed by atoms with Crippen LogP contribution in [-0.4, -0.2) is 55.6 Å². The van der Waals surface area contributed by atoms with E-state index in [1.165, 1.54) is 33.1 Å². The summed E-state index contributed by atoms with van der Waals surface area (Å²) in [7, 11) is 1.43. The smallest absolute Gasteiger partial charge is 0.341 e. The molecular formula is C20H21N3O9S. The number of methoxy groups -OCH3 is 1. The second kappa shape index (κ2) is 11.2. The van der Waals surface area contributed by atoms with Crippen molar-refractivity contribution in [3.8, 4) is 0 Å². The van der Waals surface area contributed by atoms with Crippen LogP contribution in [0.3, 0.4) is 0 Å². The largest absolute Gasteiger partial charge is 0.460 e. The number of anilines is 1. The van der Waals surface area contributed by atoms with Gasteiger partial charge in [-0.3, -0.25) is 19.7 Å². The Morgan fingerprint density at radius 3 is 2.39 bits per heavy atom. The van der Waals surface area contributed by atoms with Crippen molar-refractivity contribution >= 4 is 45.8 Å². The third kappa shape index (κ3) is 6.33. The predicted octanol–water partition coefficient (Wildman–Crippen LogP) is 1.97. The highest BCUT2D eigenvalue weighted by atomic mass is 32.1. The van der Waals surface area contributed by atoms with Crippen molar-refractivity contribution < 1.29 is 38.3 Å². The molecule has 0 aliphatic heterocycles. The van der Waals surface area contributed by atoms with Gasteiger partial charge in [0.2, 0.25) is 0 Å². The van der Waals surface area contributed by atoms with E-state index in [9.17, 15) is 29.3 Å². The number of ether oxygens (including phenoxy) is 3. The Bertz CT molecular complexity index is 1110. The Balaban J connectivity index is 2.11. The van der Waals surface area contributed by atoms with E-state index in [-0.39, 0.29) is 51.0 Å². The summed E-state index contributed by atoms with van der Waals surface area (Å²) in [5.74, 6) is -3.24. The van der Waals surface area contributed by atoms with Gasteiger partial charge in [-0.1, -0.05) is 0 Å². The molecule has 176 valence electrons. The van der Waals surface area contributed by atoms with Crippen LogP contribution in [0.2, 0.25) is 0 Å². The number of nitro benzene ring substituents is 1. The molecule has 0 unspecified atom stereocenters. The number of hydrogen-bond acceptors (Lipinski definition) is 10. The first-order valence-corrected chi connectivity index (χ1v) is 10.2. The van der Waals surface area contributed by atoms with E-state index in [4.69, 9.17) is 19.9 Å². The molecule has 1 aromatic heterocycles. The summed E-state index contributed by atoms with van der Waals surface area (Å²) in [5.41, 5.74) is 5.64. The molecule has 3 N–H and O–H groups in total. The maximum absolute atomic E-state index is 12.4. The summed E-state index contributed by atoms with van der Waals surface area (Å²) in [6, 6.07) is 3.64. The Kier molecular flexibility index (Phi) is 8.59. The molecule has 0 spiro atoms. The molecule has 2 aromatic rings. The molecule has 12 nitrogen and oxygen atoms in total. The highest BCUT2D eigenvalue weighted by Crippen LogP contribution is 2.33. The number of thiophene rings is 1. The van der Waals surface area contributed by atoms with Gasteiger partial charge in [0.25, 0.3) is 17.5 Å². The standard InChI is InChI=1S/C20H21N3O9S/c1-10-8-12(4-5-13(10)23(28)29)19(26)32-9-14(24)22-18-15(20(27)31-7-6-30-3)11(2)16(33-18)17(21)25/h4-5,8H,6-7,9H2,1-3H3,(H2,21,25)(H,22,24). The number of rotatable bonds is 10. The van der Waals surface area contributed by atoms with Crippen molar-refractivity contribution in [2.45, 2.75) is 13.8 Å². The minimum Gasteiger partial charge on any atom is -0.460 e. The summed E-state index contributed by atoms with van der Waals surface area (Å²) >= 11 is 0.784. The van der Waals surface area contributed by atoms with Gasteiger partial charge in [0.15, 0.2) is 6.61 Å². The SMILES string of the molecule is COCCOC(=O)c1c(NC(=O)COC(=O)c2ccc([N+](=O)[O-])c(C)c2)sc(C(N)=O)c1C. The maximum atomic E-state index is 12.4. The highest BCUT2D eigenvalue weighted by Gasteiger charge is 2.26. The Morgan fingerprint density at radius 2 is 1.82 bits per heavy atom. The summed E-state index contributed by atoms with van der Waals surface area (Å²) in [6.07, 6.45) is 0. The number of primary amides is 1. The fourth-order valence-electron chi connectivity index (χ4n) is 2.74. The molecular weight excluding hydrogens is 458 g/mol. The summed E-state index contributed by atoms with van der Waals surface area (Å²) in [6.45, 7) is 2.34. The topological polar surface area (TPSA) is 177 Å². The van der Waals surface area contributed by atoms with E-state index < -0.39 is 35.3 Å². The number of amides is 2. The van der Waals surface area contributed by atoms with Crippen LogP contribution in [-0.2, 0) is 19.0 Å². The molecule has 0 aliphatic rings. The zero-order valence-corrected chi connectivity index (χ0v) is 18.8. The summed E-state index contributed by atoms with van der Waals surface area (Å²) < 4.78 is 14.8. The summed E-state index contributed by atoms with van der Waals surface area (Å²) in [4.78, 5) is 59.0. The molecule has 2 rings (SSSR count). The van der Waals surface area contributed by atoms with Crippen LogP contribution in [0.5, 0.6) is 0 Å². The Morgan fingerprint density at radius 1 is 1.12 bits per heavy atom. The lowest BCUT2D eigenvalue weighted by atomic mass is 10.1. The lowest BCUT2D eigenvalue weighted by Crippen LogP contribution is -2.22. The first-order valence-electron chi connectivity index (χ1n) is 9.38. The number of nitrogens with zero attached hydrogens (tertiary/aromatic N) is 1. The van der Waals surface area contributed by atoms with Gasteiger partial charge in [0.1, 0.15) is 11.6 Å². The minimum absolute atomic E-state index is 0.0101. The number of nitrogens with one attached hydrogen (secondary N) is 1. The van der Waals surface area contributed by atoms with E-state index in [1.807, 2.05) is 0 Å².